The Labute approximate surface area is 95.8 Å². The van der Waals surface area contributed by atoms with Crippen molar-refractivity contribution in [3.63, 3.8) is 0 Å². The summed E-state index contributed by atoms with van der Waals surface area (Å²) in [4.78, 5) is 23.5. The topological polar surface area (TPSA) is 86.9 Å². The Kier molecular flexibility index (Phi) is 5.72. The zero-order valence-electron chi connectivity index (χ0n) is 9.20. The number of carbonyl (C=O) groups excluding carboxylic acids is 1. The molecule has 1 aliphatic rings. The highest BCUT2D eigenvalue weighted by Gasteiger charge is 2.38. The van der Waals surface area contributed by atoms with Gasteiger partial charge in [-0.2, -0.15) is 13.2 Å². The van der Waals surface area contributed by atoms with E-state index in [9.17, 15) is 18.0 Å². The first-order valence-corrected chi connectivity index (χ1v) is 4.70. The van der Waals surface area contributed by atoms with Gasteiger partial charge in [-0.3, -0.25) is 0 Å². The first-order chi connectivity index (χ1) is 7.70. The lowest BCUT2D eigenvalue weighted by molar-refractivity contribution is -0.192. The van der Waals surface area contributed by atoms with Crippen LogP contribution >= 0.6 is 0 Å². The number of carbonyl (C=O) groups is 2. The van der Waals surface area contributed by atoms with Crippen LogP contribution in [0.2, 0.25) is 0 Å². The summed E-state index contributed by atoms with van der Waals surface area (Å²) in [5.41, 5.74) is 5.30. The van der Waals surface area contributed by atoms with Crippen LogP contribution in [0.25, 0.3) is 0 Å². The first-order valence-electron chi connectivity index (χ1n) is 4.70. The van der Waals surface area contributed by atoms with Crippen molar-refractivity contribution in [1.29, 1.82) is 0 Å². The van der Waals surface area contributed by atoms with E-state index in [1.165, 1.54) is 0 Å². The zero-order valence-corrected chi connectivity index (χ0v) is 9.20. The second kappa shape index (κ2) is 6.28. The third-order valence-corrected chi connectivity index (χ3v) is 1.94. The van der Waals surface area contributed by atoms with Gasteiger partial charge in [-0.1, -0.05) is 0 Å². The van der Waals surface area contributed by atoms with E-state index in [4.69, 9.17) is 15.6 Å². The number of hydrogen-bond acceptors (Lipinski definition) is 3. The van der Waals surface area contributed by atoms with Crippen molar-refractivity contribution in [2.24, 2.45) is 5.73 Å². The average Bonchev–Trinajstić information content (AvgIpc) is 2.50. The molecule has 0 radical (unpaired) electrons. The maximum atomic E-state index is 11.1. The Hall–Kier alpha value is -1.51. The Bertz CT molecular complexity index is 281. The number of aliphatic carboxylic acids is 1. The molecule has 0 aromatic heterocycles. The third kappa shape index (κ3) is 5.38. The predicted octanol–water partition coefficient (Wildman–Crippen LogP) is -0.0542. The van der Waals surface area contributed by atoms with Gasteiger partial charge in [0.1, 0.15) is 0 Å². The van der Waals surface area contributed by atoms with Crippen molar-refractivity contribution in [2.45, 2.75) is 6.18 Å². The van der Waals surface area contributed by atoms with Gasteiger partial charge in [-0.15, -0.1) is 0 Å². The number of nitrogens with zero attached hydrogens (tertiary/aromatic N) is 2. The molecule has 0 aromatic rings. The van der Waals surface area contributed by atoms with Crippen LogP contribution in [0.4, 0.5) is 18.0 Å². The average molecular weight is 257 g/mol. The molecule has 0 spiro atoms. The Morgan fingerprint density at radius 2 is 1.94 bits per heavy atom. The van der Waals surface area contributed by atoms with Gasteiger partial charge >= 0.3 is 18.2 Å². The van der Waals surface area contributed by atoms with Gasteiger partial charge in [0, 0.05) is 33.2 Å². The van der Waals surface area contributed by atoms with Gasteiger partial charge in [0.25, 0.3) is 0 Å². The highest BCUT2D eigenvalue weighted by Crippen LogP contribution is 2.13. The molecular formula is C8H14F3N3O3. The molecule has 2 amide bonds. The molecule has 0 aliphatic carbocycles. The normalized spacial score (nSPS) is 15.7. The standard InChI is InChI=1S/C6H13N3O.C2HF3O2/c1-8-4-5-9(3-2-7)6(8)10;3-2(4,5)1(6)7/h2-5,7H2,1H3;(H,6,7). The van der Waals surface area contributed by atoms with Crippen molar-refractivity contribution < 1.29 is 27.9 Å². The predicted molar refractivity (Wildman–Crippen MR) is 52.3 cm³/mol. The summed E-state index contributed by atoms with van der Waals surface area (Å²) in [7, 11) is 1.80. The van der Waals surface area contributed by atoms with Crippen molar-refractivity contribution >= 4 is 12.0 Å². The third-order valence-electron chi connectivity index (χ3n) is 1.94. The number of urea groups is 1. The van der Waals surface area contributed by atoms with Crippen LogP contribution in [0.5, 0.6) is 0 Å². The number of alkyl halides is 3. The molecule has 0 aromatic carbocycles. The van der Waals surface area contributed by atoms with Gasteiger partial charge in [0.05, 0.1) is 0 Å². The van der Waals surface area contributed by atoms with Crippen LogP contribution < -0.4 is 5.73 Å². The molecule has 3 N–H and O–H groups in total. The van der Waals surface area contributed by atoms with Crippen LogP contribution in [0.3, 0.4) is 0 Å². The zero-order chi connectivity index (χ0) is 13.6. The summed E-state index contributed by atoms with van der Waals surface area (Å²) < 4.78 is 31.7. The van der Waals surface area contributed by atoms with E-state index in [2.05, 4.69) is 0 Å². The van der Waals surface area contributed by atoms with Crippen LogP contribution in [-0.2, 0) is 4.79 Å². The molecule has 100 valence electrons. The lowest BCUT2D eigenvalue weighted by Crippen LogP contribution is -2.33. The van der Waals surface area contributed by atoms with Gasteiger partial charge < -0.3 is 20.6 Å². The lowest BCUT2D eigenvalue weighted by Gasteiger charge is -2.13. The second-order valence-corrected chi connectivity index (χ2v) is 3.28. The summed E-state index contributed by atoms with van der Waals surface area (Å²) in [6, 6.07) is 0.102. The maximum absolute atomic E-state index is 11.1. The van der Waals surface area contributed by atoms with Crippen LogP contribution in [-0.4, -0.2) is 66.3 Å². The Morgan fingerprint density at radius 1 is 1.47 bits per heavy atom. The number of carboxylic acid groups (broad SMARTS) is 1. The van der Waals surface area contributed by atoms with E-state index in [0.717, 1.165) is 13.1 Å². The van der Waals surface area contributed by atoms with Gasteiger partial charge in [0.2, 0.25) is 0 Å². The van der Waals surface area contributed by atoms with E-state index >= 15 is 0 Å². The molecule has 0 unspecified atom stereocenters. The molecule has 0 atom stereocenters. The van der Waals surface area contributed by atoms with Gasteiger partial charge in [-0.05, 0) is 0 Å². The van der Waals surface area contributed by atoms with Crippen LogP contribution in [0.15, 0.2) is 0 Å². The fraction of sp³-hybridized carbons (Fsp3) is 0.750. The monoisotopic (exact) mass is 257 g/mol. The molecule has 17 heavy (non-hydrogen) atoms. The second-order valence-electron chi connectivity index (χ2n) is 3.28. The first kappa shape index (κ1) is 15.5. The molecule has 6 nitrogen and oxygen atoms in total. The van der Waals surface area contributed by atoms with Crippen molar-refractivity contribution in [3.8, 4) is 0 Å². The molecule has 1 rings (SSSR count). The Balaban J connectivity index is 0.000000325. The molecule has 0 saturated carbocycles. The minimum Gasteiger partial charge on any atom is -0.475 e. The number of halogens is 3. The number of rotatable bonds is 2. The molecule has 9 heteroatoms. The smallest absolute Gasteiger partial charge is 0.475 e. The summed E-state index contributed by atoms with van der Waals surface area (Å²) in [5, 5.41) is 7.12. The molecule has 1 heterocycles. The minimum absolute atomic E-state index is 0.102. The highest BCUT2D eigenvalue weighted by molar-refractivity contribution is 5.76. The fourth-order valence-electron chi connectivity index (χ4n) is 1.07. The van der Waals surface area contributed by atoms with E-state index in [1.54, 1.807) is 16.8 Å². The van der Waals surface area contributed by atoms with E-state index in [0.29, 0.717) is 13.1 Å². The molecule has 1 saturated heterocycles. The van der Waals surface area contributed by atoms with Crippen molar-refractivity contribution in [1.82, 2.24) is 9.80 Å². The molecular weight excluding hydrogens is 243 g/mol. The van der Waals surface area contributed by atoms with E-state index < -0.39 is 12.1 Å². The van der Waals surface area contributed by atoms with Gasteiger partial charge in [0.15, 0.2) is 0 Å². The summed E-state index contributed by atoms with van der Waals surface area (Å²) >= 11 is 0. The quantitative estimate of drug-likeness (QED) is 0.726. The molecule has 0 bridgehead atoms. The highest BCUT2D eigenvalue weighted by atomic mass is 19.4. The lowest BCUT2D eigenvalue weighted by atomic mass is 10.5. The number of nitrogens with two attached hydrogens (primary N) is 1. The summed E-state index contributed by atoms with van der Waals surface area (Å²) in [5.74, 6) is -2.76. The molecule has 1 fully saturated rings. The van der Waals surface area contributed by atoms with E-state index in [1.807, 2.05) is 0 Å². The Morgan fingerprint density at radius 3 is 2.18 bits per heavy atom. The van der Waals surface area contributed by atoms with Crippen molar-refractivity contribution in [3.05, 3.63) is 0 Å². The summed E-state index contributed by atoms with van der Waals surface area (Å²) in [6.45, 7) is 2.90. The number of hydrogen-bond donors (Lipinski definition) is 2. The number of carboxylic acids is 1. The van der Waals surface area contributed by atoms with Crippen LogP contribution in [0, 0.1) is 0 Å². The van der Waals surface area contributed by atoms with E-state index in [-0.39, 0.29) is 6.03 Å². The minimum atomic E-state index is -5.08. The maximum Gasteiger partial charge on any atom is 0.490 e. The number of amides is 2. The summed E-state index contributed by atoms with van der Waals surface area (Å²) in [6.07, 6.45) is -5.08. The van der Waals surface area contributed by atoms with Crippen LogP contribution in [0.1, 0.15) is 0 Å². The molecule has 1 aliphatic heterocycles. The van der Waals surface area contributed by atoms with Gasteiger partial charge in [-0.25, -0.2) is 9.59 Å². The number of likely N-dealkylation sites (N-methyl/N-ethyl adjacent to an activating group) is 1. The largest absolute Gasteiger partial charge is 0.490 e. The fourth-order valence-corrected chi connectivity index (χ4v) is 1.07. The van der Waals surface area contributed by atoms with Crippen molar-refractivity contribution in [2.75, 3.05) is 33.2 Å². The SMILES string of the molecule is CN1CCN(CCN)C1=O.O=C(O)C(F)(F)F.